The summed E-state index contributed by atoms with van der Waals surface area (Å²) in [5.74, 6) is 1.62. The number of aliphatic hydroxyl groups is 4. The maximum absolute atomic E-state index is 13.3. The maximum Gasteiger partial charge on any atom is 0.308 e. The molecular weight excluding hydrogens is 560 g/mol. The topological polar surface area (TPSA) is 126 Å². The van der Waals surface area contributed by atoms with Crippen molar-refractivity contribution in [2.75, 3.05) is 13.2 Å². The molecule has 0 saturated heterocycles. The fourth-order valence-corrected chi connectivity index (χ4v) is 9.98. The average molecular weight is 617 g/mol. The molecule has 12 atom stereocenters. The first kappa shape index (κ1) is 33.8. The largest absolute Gasteiger partial charge is 0.432 e. The van der Waals surface area contributed by atoms with E-state index < -0.39 is 24.6 Å². The van der Waals surface area contributed by atoms with E-state index in [1.54, 1.807) is 13.0 Å². The van der Waals surface area contributed by atoms with E-state index in [1.807, 2.05) is 13.0 Å². The Balaban J connectivity index is 1.22. The predicted molar refractivity (Wildman–Crippen MR) is 167 cm³/mol. The second kappa shape index (κ2) is 13.7. The van der Waals surface area contributed by atoms with Crippen LogP contribution >= 0.6 is 0 Å². The molecule has 4 N–H and O–H groups in total. The lowest BCUT2D eigenvalue weighted by Gasteiger charge is -2.60. The van der Waals surface area contributed by atoms with Gasteiger partial charge in [-0.3, -0.25) is 4.79 Å². The molecule has 2 heterocycles. The summed E-state index contributed by atoms with van der Waals surface area (Å²) in [5.41, 5.74) is 2.89. The van der Waals surface area contributed by atoms with E-state index in [4.69, 9.17) is 14.2 Å². The van der Waals surface area contributed by atoms with Gasteiger partial charge in [0.05, 0.1) is 31.8 Å². The second-order valence-electron chi connectivity index (χ2n) is 15.2. The summed E-state index contributed by atoms with van der Waals surface area (Å²) in [4.78, 5) is 13.3. The quantitative estimate of drug-likeness (QED) is 0.222. The normalized spacial score (nSPS) is 44.5. The Labute approximate surface area is 263 Å². The van der Waals surface area contributed by atoms with Gasteiger partial charge in [0.1, 0.15) is 18.3 Å². The number of carbonyl (C=O) groups excluding carboxylic acids is 1. The number of allylic oxidation sites excluding steroid dienone is 1. The van der Waals surface area contributed by atoms with Gasteiger partial charge in [0.25, 0.3) is 0 Å². The summed E-state index contributed by atoms with van der Waals surface area (Å²) in [6.45, 7) is 12.7. The van der Waals surface area contributed by atoms with E-state index in [9.17, 15) is 25.2 Å². The number of hydrogen-bond donors (Lipinski definition) is 4. The molecule has 44 heavy (non-hydrogen) atoms. The van der Waals surface area contributed by atoms with Gasteiger partial charge < -0.3 is 34.6 Å². The van der Waals surface area contributed by atoms with Gasteiger partial charge in [0, 0.05) is 0 Å². The Morgan fingerprint density at radius 2 is 1.64 bits per heavy atom. The molecule has 0 aromatic rings. The zero-order chi connectivity index (χ0) is 31.8. The molecular formula is C36H56O8. The number of carbonyl (C=O) groups is 1. The van der Waals surface area contributed by atoms with Gasteiger partial charge in [-0.05, 0) is 123 Å². The molecule has 6 unspecified atom stereocenters. The Morgan fingerprint density at radius 3 is 2.34 bits per heavy atom. The number of esters is 1. The number of rotatable bonds is 8. The second-order valence-corrected chi connectivity index (χ2v) is 15.2. The fourth-order valence-electron chi connectivity index (χ4n) is 9.98. The number of hydrogen-bond acceptors (Lipinski definition) is 8. The van der Waals surface area contributed by atoms with Crippen LogP contribution in [-0.2, 0) is 19.0 Å². The molecule has 248 valence electrons. The first-order valence-electron chi connectivity index (χ1n) is 17.0. The minimum Gasteiger partial charge on any atom is -0.432 e. The van der Waals surface area contributed by atoms with Crippen LogP contribution < -0.4 is 0 Å². The molecule has 0 radical (unpaired) electrons. The summed E-state index contributed by atoms with van der Waals surface area (Å²) < 4.78 is 17.5. The Kier molecular flexibility index (Phi) is 10.5. The molecule has 0 bridgehead atoms. The van der Waals surface area contributed by atoms with E-state index in [0.29, 0.717) is 30.1 Å². The van der Waals surface area contributed by atoms with Crippen molar-refractivity contribution in [1.82, 2.24) is 0 Å². The third-order valence-corrected chi connectivity index (χ3v) is 12.4. The maximum atomic E-state index is 13.3. The first-order chi connectivity index (χ1) is 20.9. The smallest absolute Gasteiger partial charge is 0.308 e. The van der Waals surface area contributed by atoms with Crippen LogP contribution in [0.25, 0.3) is 0 Å². The Bertz CT molecular complexity index is 1120. The standard InChI is InChI=1S/C36H56O8/c1-21-15-25-9-12-32-35(4,18-33(41)44-34-28(40)17-23(3)31(20-38)43-34)13-6-14-36(32,5)26(25)10-7-24(21)8-11-29-27(39)16-22(2)30(19-37)42-29/h16-17,24-32,34,37-40H,1,6-15,18-20H2,2-5H3/t24-,25?,26+,27-,28-,29?,30?,31?,32?,34?,35-,36-/m0/s1. The van der Waals surface area contributed by atoms with Gasteiger partial charge in [-0.25, -0.2) is 0 Å². The number of fused-ring (bicyclic) bond motifs is 3. The lowest BCUT2D eigenvalue weighted by Crippen LogP contribution is -2.53. The van der Waals surface area contributed by atoms with Crippen LogP contribution in [0, 0.1) is 34.5 Å². The molecule has 3 fully saturated rings. The third kappa shape index (κ3) is 6.77. The molecule has 2 aliphatic heterocycles. The van der Waals surface area contributed by atoms with E-state index in [0.717, 1.165) is 68.9 Å². The summed E-state index contributed by atoms with van der Waals surface area (Å²) in [6.07, 6.45) is 10.1. The molecule has 0 amide bonds. The minimum atomic E-state index is -1.10. The number of ether oxygens (including phenoxy) is 3. The molecule has 0 aromatic heterocycles. The van der Waals surface area contributed by atoms with Crippen molar-refractivity contribution in [3.63, 3.8) is 0 Å². The molecule has 5 rings (SSSR count). The van der Waals surface area contributed by atoms with Crippen LogP contribution in [0.15, 0.2) is 35.5 Å². The van der Waals surface area contributed by atoms with Crippen molar-refractivity contribution < 1.29 is 39.4 Å². The third-order valence-electron chi connectivity index (χ3n) is 12.4. The van der Waals surface area contributed by atoms with E-state index in [2.05, 4.69) is 20.4 Å². The molecule has 0 aromatic carbocycles. The minimum absolute atomic E-state index is 0.0705. The zero-order valence-corrected chi connectivity index (χ0v) is 27.2. The SMILES string of the molecule is C=C1CC2CCC3[C@](C)(CC(=O)OC4OC(CO)C(C)=C[C@@H]4O)CCC[C@@]3(C)[C@@H]2CC[C@H]1CCC1OC(CO)C(C)=C[C@@H]1O. The van der Waals surface area contributed by atoms with Crippen molar-refractivity contribution in [3.8, 4) is 0 Å². The van der Waals surface area contributed by atoms with Crippen molar-refractivity contribution in [1.29, 1.82) is 0 Å². The summed E-state index contributed by atoms with van der Waals surface area (Å²) in [5, 5.41) is 40.4. The van der Waals surface area contributed by atoms with Gasteiger partial charge >= 0.3 is 5.97 Å². The zero-order valence-electron chi connectivity index (χ0n) is 27.2. The average Bonchev–Trinajstić information content (AvgIpc) is 3.12. The van der Waals surface area contributed by atoms with Crippen LogP contribution in [0.4, 0.5) is 0 Å². The molecule has 8 heteroatoms. The van der Waals surface area contributed by atoms with Crippen molar-refractivity contribution in [2.24, 2.45) is 34.5 Å². The van der Waals surface area contributed by atoms with Crippen LogP contribution in [0.5, 0.6) is 0 Å². The van der Waals surface area contributed by atoms with E-state index in [1.165, 1.54) is 12.0 Å². The lowest BCUT2D eigenvalue weighted by atomic mass is 9.45. The highest BCUT2D eigenvalue weighted by Crippen LogP contribution is 2.65. The van der Waals surface area contributed by atoms with Gasteiger partial charge in [-0.15, -0.1) is 0 Å². The Morgan fingerprint density at radius 1 is 0.955 bits per heavy atom. The lowest BCUT2D eigenvalue weighted by molar-refractivity contribution is -0.218. The van der Waals surface area contributed by atoms with Gasteiger partial charge in [-0.1, -0.05) is 38.5 Å². The highest BCUT2D eigenvalue weighted by atomic mass is 16.7. The van der Waals surface area contributed by atoms with Crippen molar-refractivity contribution in [3.05, 3.63) is 35.5 Å². The molecule has 8 nitrogen and oxygen atoms in total. The van der Waals surface area contributed by atoms with Crippen LogP contribution in [-0.4, -0.2) is 76.4 Å². The van der Waals surface area contributed by atoms with Crippen LogP contribution in [0.2, 0.25) is 0 Å². The monoisotopic (exact) mass is 616 g/mol. The molecule has 0 spiro atoms. The summed E-state index contributed by atoms with van der Waals surface area (Å²) >= 11 is 0. The van der Waals surface area contributed by atoms with Gasteiger partial charge in [0.15, 0.2) is 0 Å². The van der Waals surface area contributed by atoms with Gasteiger partial charge in [0.2, 0.25) is 6.29 Å². The fraction of sp³-hybridized carbons (Fsp3) is 0.806. The molecule has 3 saturated carbocycles. The summed E-state index contributed by atoms with van der Waals surface area (Å²) in [7, 11) is 0. The summed E-state index contributed by atoms with van der Waals surface area (Å²) in [6, 6.07) is 0. The highest BCUT2D eigenvalue weighted by Gasteiger charge is 2.57. The number of aliphatic hydroxyl groups excluding tert-OH is 4. The first-order valence-corrected chi connectivity index (χ1v) is 17.0. The molecule has 5 aliphatic rings. The van der Waals surface area contributed by atoms with Crippen LogP contribution in [0.3, 0.4) is 0 Å². The van der Waals surface area contributed by atoms with E-state index in [-0.39, 0.29) is 42.2 Å². The van der Waals surface area contributed by atoms with Crippen LogP contribution in [0.1, 0.15) is 98.3 Å². The highest BCUT2D eigenvalue weighted by molar-refractivity contribution is 5.70. The van der Waals surface area contributed by atoms with Gasteiger partial charge in [-0.2, -0.15) is 0 Å². The van der Waals surface area contributed by atoms with Crippen molar-refractivity contribution in [2.45, 2.75) is 135 Å². The van der Waals surface area contributed by atoms with E-state index >= 15 is 0 Å². The Hall–Kier alpha value is -1.55. The molecule has 3 aliphatic carbocycles. The van der Waals surface area contributed by atoms with Crippen molar-refractivity contribution >= 4 is 5.97 Å². The predicted octanol–water partition coefficient (Wildman–Crippen LogP) is 4.99.